The van der Waals surface area contributed by atoms with E-state index in [0.29, 0.717) is 18.7 Å². The Balaban J connectivity index is 2.34. The van der Waals surface area contributed by atoms with E-state index in [2.05, 4.69) is 10.1 Å². The smallest absolute Gasteiger partial charge is 0.235 e. The number of aromatic nitrogens is 3. The van der Waals surface area contributed by atoms with Crippen molar-refractivity contribution in [3.05, 3.63) is 45.8 Å². The molecule has 0 bridgehead atoms. The number of nitrogens with one attached hydrogen (secondary N) is 1. The Hall–Kier alpha value is -2.74. The summed E-state index contributed by atoms with van der Waals surface area (Å²) in [5.41, 5.74) is -0.995. The molecule has 2 heterocycles. The summed E-state index contributed by atoms with van der Waals surface area (Å²) < 4.78 is 29.5. The lowest BCUT2D eigenvalue weighted by Gasteiger charge is -2.09. The van der Waals surface area contributed by atoms with Gasteiger partial charge in [0.2, 0.25) is 5.43 Å². The molecule has 0 aliphatic heterocycles. The maximum atomic E-state index is 14.0. The SMILES string of the molecule is Cc1nn(CCCO)c2[nH]c(-c3c(F)cccc3F)c(O)c(=O)c12. The maximum absolute atomic E-state index is 14.0. The van der Waals surface area contributed by atoms with Crippen molar-refractivity contribution < 1.29 is 19.0 Å². The fourth-order valence-corrected chi connectivity index (χ4v) is 2.69. The molecule has 0 amide bonds. The molecule has 0 saturated heterocycles. The van der Waals surface area contributed by atoms with Gasteiger partial charge in [-0.2, -0.15) is 5.10 Å². The lowest BCUT2D eigenvalue weighted by Crippen LogP contribution is -2.09. The number of aliphatic hydroxyl groups is 1. The third-order valence-electron chi connectivity index (χ3n) is 3.79. The van der Waals surface area contributed by atoms with E-state index < -0.39 is 28.4 Å². The van der Waals surface area contributed by atoms with Gasteiger partial charge in [-0.1, -0.05) is 6.07 Å². The average molecular weight is 335 g/mol. The molecular formula is C16H15F2N3O3. The molecule has 0 spiro atoms. The second kappa shape index (κ2) is 6.04. The van der Waals surface area contributed by atoms with Crippen LogP contribution in [0.1, 0.15) is 12.1 Å². The number of pyridine rings is 1. The second-order valence-electron chi connectivity index (χ2n) is 5.38. The van der Waals surface area contributed by atoms with Gasteiger partial charge in [-0.05, 0) is 25.5 Å². The number of benzene rings is 1. The van der Waals surface area contributed by atoms with Gasteiger partial charge in [0.15, 0.2) is 5.75 Å². The minimum Gasteiger partial charge on any atom is -0.503 e. The van der Waals surface area contributed by atoms with Crippen LogP contribution in [0.25, 0.3) is 22.3 Å². The van der Waals surface area contributed by atoms with Crippen LogP contribution in [0, 0.1) is 18.6 Å². The van der Waals surface area contributed by atoms with E-state index in [4.69, 9.17) is 5.11 Å². The number of rotatable bonds is 4. The quantitative estimate of drug-likeness (QED) is 0.681. The molecule has 0 atom stereocenters. The molecule has 0 aliphatic rings. The number of aliphatic hydroxyl groups excluding tert-OH is 1. The van der Waals surface area contributed by atoms with Crippen LogP contribution in [0.3, 0.4) is 0 Å². The zero-order chi connectivity index (χ0) is 17.4. The first-order valence-corrected chi connectivity index (χ1v) is 7.33. The largest absolute Gasteiger partial charge is 0.503 e. The first-order valence-electron chi connectivity index (χ1n) is 7.33. The lowest BCUT2D eigenvalue weighted by atomic mass is 10.1. The molecule has 1 aromatic carbocycles. The van der Waals surface area contributed by atoms with Gasteiger partial charge in [0.25, 0.3) is 0 Å². The van der Waals surface area contributed by atoms with Crippen molar-refractivity contribution in [3.8, 4) is 17.0 Å². The molecular weight excluding hydrogens is 320 g/mol. The lowest BCUT2D eigenvalue weighted by molar-refractivity contribution is 0.277. The van der Waals surface area contributed by atoms with E-state index in [1.54, 1.807) is 6.92 Å². The molecule has 0 unspecified atom stereocenters. The van der Waals surface area contributed by atoms with Crippen LogP contribution < -0.4 is 5.43 Å². The van der Waals surface area contributed by atoms with Crippen molar-refractivity contribution in [1.29, 1.82) is 0 Å². The first-order chi connectivity index (χ1) is 11.5. The van der Waals surface area contributed by atoms with Gasteiger partial charge in [-0.25, -0.2) is 13.5 Å². The molecule has 126 valence electrons. The van der Waals surface area contributed by atoms with Gasteiger partial charge in [-0.15, -0.1) is 0 Å². The van der Waals surface area contributed by atoms with Gasteiger partial charge < -0.3 is 15.2 Å². The number of aromatic hydroxyl groups is 1. The third kappa shape index (κ3) is 2.44. The molecule has 0 aliphatic carbocycles. The van der Waals surface area contributed by atoms with E-state index in [9.17, 15) is 18.7 Å². The number of nitrogens with zero attached hydrogens (tertiary/aromatic N) is 2. The van der Waals surface area contributed by atoms with Gasteiger partial charge >= 0.3 is 0 Å². The topological polar surface area (TPSA) is 91.1 Å². The Morgan fingerprint density at radius 1 is 1.29 bits per heavy atom. The summed E-state index contributed by atoms with van der Waals surface area (Å²) in [5.74, 6) is -2.58. The monoisotopic (exact) mass is 335 g/mol. The highest BCUT2D eigenvalue weighted by Crippen LogP contribution is 2.31. The van der Waals surface area contributed by atoms with Crippen molar-refractivity contribution in [2.24, 2.45) is 0 Å². The van der Waals surface area contributed by atoms with E-state index in [0.717, 1.165) is 12.1 Å². The van der Waals surface area contributed by atoms with Crippen LogP contribution in [-0.2, 0) is 6.54 Å². The summed E-state index contributed by atoms with van der Waals surface area (Å²) in [4.78, 5) is 15.2. The minimum absolute atomic E-state index is 0.0719. The Morgan fingerprint density at radius 3 is 2.58 bits per heavy atom. The fourth-order valence-electron chi connectivity index (χ4n) is 2.69. The van der Waals surface area contributed by atoms with Crippen LogP contribution in [0.5, 0.6) is 5.75 Å². The molecule has 3 aromatic rings. The first kappa shape index (κ1) is 16.1. The summed E-state index contributed by atoms with van der Waals surface area (Å²) in [6, 6.07) is 3.26. The van der Waals surface area contributed by atoms with Crippen molar-refractivity contribution >= 4 is 11.0 Å². The van der Waals surface area contributed by atoms with Gasteiger partial charge in [0, 0.05) is 13.2 Å². The molecule has 0 fully saturated rings. The Bertz CT molecular complexity index is 959. The standard InChI is InChI=1S/C16H15F2N3O3/c1-8-11-14(23)15(24)13(12-9(17)4-2-5-10(12)18)19-16(11)21(20-8)6-3-7-22/h2,4-5,22,24H,3,6-7H2,1H3,(H,19,23). The number of aryl methyl sites for hydroxylation is 2. The molecule has 2 aromatic heterocycles. The van der Waals surface area contributed by atoms with Gasteiger partial charge in [0.1, 0.15) is 17.3 Å². The fraction of sp³-hybridized carbons (Fsp3) is 0.250. The van der Waals surface area contributed by atoms with Crippen molar-refractivity contribution in [1.82, 2.24) is 14.8 Å². The molecule has 0 radical (unpaired) electrons. The minimum atomic E-state index is -0.904. The molecule has 24 heavy (non-hydrogen) atoms. The molecule has 0 saturated carbocycles. The highest BCUT2D eigenvalue weighted by molar-refractivity contribution is 5.84. The molecule has 3 rings (SSSR count). The molecule has 3 N–H and O–H groups in total. The van der Waals surface area contributed by atoms with Crippen molar-refractivity contribution in [2.45, 2.75) is 19.9 Å². The summed E-state index contributed by atoms with van der Waals surface area (Å²) in [7, 11) is 0. The predicted octanol–water partition coefficient (Wildman–Crippen LogP) is 2.07. The van der Waals surface area contributed by atoms with Crippen LogP contribution in [0.2, 0.25) is 0 Å². The number of H-pyrrole nitrogens is 1. The van der Waals surface area contributed by atoms with Crippen LogP contribution in [0.4, 0.5) is 8.78 Å². The highest BCUT2D eigenvalue weighted by Gasteiger charge is 2.22. The number of aromatic amines is 1. The van der Waals surface area contributed by atoms with Crippen molar-refractivity contribution in [3.63, 3.8) is 0 Å². The summed E-state index contributed by atoms with van der Waals surface area (Å²) >= 11 is 0. The number of fused-ring (bicyclic) bond motifs is 1. The van der Waals surface area contributed by atoms with Gasteiger partial charge in [0.05, 0.1) is 22.3 Å². The Kier molecular flexibility index (Phi) is 4.06. The van der Waals surface area contributed by atoms with Crippen LogP contribution in [-0.4, -0.2) is 31.6 Å². The normalized spacial score (nSPS) is 11.3. The summed E-state index contributed by atoms with van der Waals surface area (Å²) in [5, 5.41) is 23.4. The third-order valence-corrected chi connectivity index (χ3v) is 3.79. The maximum Gasteiger partial charge on any atom is 0.235 e. The van der Waals surface area contributed by atoms with Gasteiger partial charge in [-0.3, -0.25) is 4.79 Å². The number of hydrogen-bond acceptors (Lipinski definition) is 4. The summed E-state index contributed by atoms with van der Waals surface area (Å²) in [6.45, 7) is 1.83. The average Bonchev–Trinajstić information content (AvgIpc) is 2.85. The van der Waals surface area contributed by atoms with E-state index in [1.165, 1.54) is 10.7 Å². The predicted molar refractivity (Wildman–Crippen MR) is 83.8 cm³/mol. The zero-order valence-electron chi connectivity index (χ0n) is 12.8. The van der Waals surface area contributed by atoms with Crippen LogP contribution >= 0.6 is 0 Å². The van der Waals surface area contributed by atoms with Crippen molar-refractivity contribution in [2.75, 3.05) is 6.61 Å². The number of halogens is 2. The number of hydrogen-bond donors (Lipinski definition) is 3. The second-order valence-corrected chi connectivity index (χ2v) is 5.38. The molecule has 6 nitrogen and oxygen atoms in total. The van der Waals surface area contributed by atoms with E-state index in [1.807, 2.05) is 0 Å². The Morgan fingerprint density at radius 2 is 1.96 bits per heavy atom. The summed E-state index contributed by atoms with van der Waals surface area (Å²) in [6.07, 6.45) is 0.391. The van der Waals surface area contributed by atoms with Crippen LogP contribution in [0.15, 0.2) is 23.0 Å². The van der Waals surface area contributed by atoms with E-state index in [-0.39, 0.29) is 23.3 Å². The highest BCUT2D eigenvalue weighted by atomic mass is 19.1. The van der Waals surface area contributed by atoms with E-state index >= 15 is 0 Å². The molecule has 8 heteroatoms. The Labute approximate surface area is 135 Å². The zero-order valence-corrected chi connectivity index (χ0v) is 12.8.